The minimum Gasteiger partial charge on any atom is -0.366 e. The summed E-state index contributed by atoms with van der Waals surface area (Å²) >= 11 is 0. The summed E-state index contributed by atoms with van der Waals surface area (Å²) in [5.74, 6) is 0.450. The molecule has 2 aromatic rings. The summed E-state index contributed by atoms with van der Waals surface area (Å²) in [7, 11) is 0. The lowest BCUT2D eigenvalue weighted by Crippen LogP contribution is -2.22. The third-order valence-corrected chi connectivity index (χ3v) is 2.67. The van der Waals surface area contributed by atoms with E-state index in [1.807, 2.05) is 18.2 Å². The van der Waals surface area contributed by atoms with Crippen LogP contribution in [0.4, 0.5) is 0 Å². The van der Waals surface area contributed by atoms with Crippen LogP contribution in [0.2, 0.25) is 0 Å². The predicted octanol–water partition coefficient (Wildman–Crippen LogP) is 1.56. The molecule has 4 N–H and O–H groups in total. The minimum absolute atomic E-state index is 0.419. The molecule has 1 aromatic heterocycles. The van der Waals surface area contributed by atoms with Crippen LogP contribution < -0.4 is 11.1 Å². The first kappa shape index (κ1) is 13.3. The van der Waals surface area contributed by atoms with Gasteiger partial charge < -0.3 is 16.0 Å². The summed E-state index contributed by atoms with van der Waals surface area (Å²) in [6.07, 6.45) is 3.04. The van der Waals surface area contributed by atoms with Gasteiger partial charge >= 0.3 is 0 Å². The largest absolute Gasteiger partial charge is 0.366 e. The van der Waals surface area contributed by atoms with Crippen LogP contribution in [0.1, 0.15) is 25.2 Å². The number of H-pyrrole nitrogens is 1. The molecule has 0 saturated heterocycles. The minimum atomic E-state index is -0.452. The van der Waals surface area contributed by atoms with E-state index in [-0.39, 0.29) is 0 Å². The highest BCUT2D eigenvalue weighted by atomic mass is 16.1. The molecule has 19 heavy (non-hydrogen) atoms. The number of primary amides is 1. The Bertz CT molecular complexity index is 613. The van der Waals surface area contributed by atoms with Crippen molar-refractivity contribution in [3.8, 4) is 0 Å². The van der Waals surface area contributed by atoms with E-state index < -0.39 is 5.91 Å². The van der Waals surface area contributed by atoms with Crippen LogP contribution in [0, 0.1) is 0 Å². The number of imidazole rings is 1. The highest BCUT2D eigenvalue weighted by Crippen LogP contribution is 2.15. The first-order chi connectivity index (χ1) is 9.04. The van der Waals surface area contributed by atoms with Gasteiger partial charge in [-0.05, 0) is 23.8 Å². The maximum absolute atomic E-state index is 10.7. The molecule has 2 rings (SSSR count). The molecular weight excluding hydrogens is 240 g/mol. The molecule has 1 aromatic carbocycles. The number of nitrogens with two attached hydrogens (primary N) is 1. The molecule has 0 aliphatic heterocycles. The lowest BCUT2D eigenvalue weighted by Gasteiger charge is -2.04. The fraction of sp³-hybridized carbons (Fsp3) is 0.286. The highest BCUT2D eigenvalue weighted by Gasteiger charge is 2.03. The Morgan fingerprint density at radius 2 is 2.32 bits per heavy atom. The van der Waals surface area contributed by atoms with Crippen molar-refractivity contribution in [2.75, 3.05) is 0 Å². The number of carbonyl (C=O) groups excluding carboxylic acids is 1. The van der Waals surface area contributed by atoms with E-state index in [9.17, 15) is 4.79 Å². The molecule has 0 atom stereocenters. The van der Waals surface area contributed by atoms with E-state index in [0.717, 1.165) is 22.4 Å². The average Bonchev–Trinajstić information content (AvgIpc) is 2.75. The van der Waals surface area contributed by atoms with Gasteiger partial charge in [0, 0.05) is 12.1 Å². The number of hydrogen-bond acceptors (Lipinski definition) is 3. The highest BCUT2D eigenvalue weighted by molar-refractivity contribution is 5.91. The van der Waals surface area contributed by atoms with Crippen molar-refractivity contribution in [3.63, 3.8) is 0 Å². The van der Waals surface area contributed by atoms with Crippen molar-refractivity contribution in [1.29, 1.82) is 0 Å². The van der Waals surface area contributed by atoms with Crippen LogP contribution in [-0.2, 0) is 11.3 Å². The van der Waals surface area contributed by atoms with E-state index in [1.165, 1.54) is 6.08 Å². The number of aromatic nitrogens is 2. The van der Waals surface area contributed by atoms with Gasteiger partial charge in [-0.15, -0.1) is 0 Å². The zero-order chi connectivity index (χ0) is 13.8. The molecule has 1 amide bonds. The summed E-state index contributed by atoms with van der Waals surface area (Å²) in [5.41, 5.74) is 7.85. The fourth-order valence-electron chi connectivity index (χ4n) is 1.75. The second-order valence-electron chi connectivity index (χ2n) is 4.73. The molecule has 5 heteroatoms. The average molecular weight is 258 g/mol. The molecule has 0 aliphatic carbocycles. The number of fused-ring (bicyclic) bond motifs is 1. The van der Waals surface area contributed by atoms with E-state index in [2.05, 4.69) is 29.1 Å². The quantitative estimate of drug-likeness (QED) is 0.712. The van der Waals surface area contributed by atoms with Crippen molar-refractivity contribution in [2.45, 2.75) is 26.4 Å². The number of benzene rings is 1. The van der Waals surface area contributed by atoms with Gasteiger partial charge in [0.15, 0.2) is 0 Å². The number of rotatable bonds is 5. The van der Waals surface area contributed by atoms with Crippen LogP contribution in [0.15, 0.2) is 24.3 Å². The van der Waals surface area contributed by atoms with Gasteiger partial charge in [0.2, 0.25) is 5.91 Å². The molecular formula is C14H18N4O. The molecule has 5 nitrogen and oxygen atoms in total. The predicted molar refractivity (Wildman–Crippen MR) is 76.3 cm³/mol. The van der Waals surface area contributed by atoms with Gasteiger partial charge in [-0.25, -0.2) is 4.98 Å². The van der Waals surface area contributed by atoms with Crippen LogP contribution >= 0.6 is 0 Å². The van der Waals surface area contributed by atoms with Gasteiger partial charge in [-0.2, -0.15) is 0 Å². The van der Waals surface area contributed by atoms with Gasteiger partial charge in [-0.1, -0.05) is 19.9 Å². The Balaban J connectivity index is 2.20. The second-order valence-corrected chi connectivity index (χ2v) is 4.73. The first-order valence-corrected chi connectivity index (χ1v) is 6.24. The third kappa shape index (κ3) is 3.66. The molecule has 0 unspecified atom stereocenters. The normalized spacial score (nSPS) is 11.7. The number of hydrogen-bond donors (Lipinski definition) is 3. The third-order valence-electron chi connectivity index (χ3n) is 2.67. The lowest BCUT2D eigenvalue weighted by atomic mass is 10.2. The summed E-state index contributed by atoms with van der Waals surface area (Å²) in [6.45, 7) is 4.89. The van der Waals surface area contributed by atoms with E-state index in [4.69, 9.17) is 5.73 Å². The van der Waals surface area contributed by atoms with Crippen LogP contribution in [-0.4, -0.2) is 21.9 Å². The molecule has 1 heterocycles. The van der Waals surface area contributed by atoms with E-state index in [1.54, 1.807) is 6.08 Å². The van der Waals surface area contributed by atoms with Gasteiger partial charge in [0.05, 0.1) is 17.6 Å². The summed E-state index contributed by atoms with van der Waals surface area (Å²) in [4.78, 5) is 18.4. The van der Waals surface area contributed by atoms with Gasteiger partial charge in [-0.3, -0.25) is 4.79 Å². The monoisotopic (exact) mass is 258 g/mol. The van der Waals surface area contributed by atoms with Crippen LogP contribution in [0.5, 0.6) is 0 Å². The molecule has 0 aliphatic rings. The number of nitrogens with zero attached hydrogens (tertiary/aromatic N) is 1. The molecule has 100 valence electrons. The van der Waals surface area contributed by atoms with Crippen molar-refractivity contribution >= 4 is 23.0 Å². The molecule has 0 saturated carbocycles. The van der Waals surface area contributed by atoms with Gasteiger partial charge in [0.25, 0.3) is 0 Å². The molecule has 0 spiro atoms. The first-order valence-electron chi connectivity index (χ1n) is 6.24. The van der Waals surface area contributed by atoms with Crippen molar-refractivity contribution < 1.29 is 4.79 Å². The SMILES string of the molecule is CC(C)NCc1nc2ccc(/C=C/C(N)=O)cc2[nH]1. The van der Waals surface area contributed by atoms with Gasteiger partial charge in [0.1, 0.15) is 5.82 Å². The van der Waals surface area contributed by atoms with Crippen molar-refractivity contribution in [3.05, 3.63) is 35.7 Å². The smallest absolute Gasteiger partial charge is 0.241 e. The number of nitrogens with one attached hydrogen (secondary N) is 2. The lowest BCUT2D eigenvalue weighted by molar-refractivity contribution is -0.113. The Hall–Kier alpha value is -2.14. The zero-order valence-electron chi connectivity index (χ0n) is 11.1. The topological polar surface area (TPSA) is 83.8 Å². The Morgan fingerprint density at radius 3 is 3.00 bits per heavy atom. The maximum Gasteiger partial charge on any atom is 0.241 e. The van der Waals surface area contributed by atoms with Crippen LogP contribution in [0.3, 0.4) is 0 Å². The summed E-state index contributed by atoms with van der Waals surface area (Å²) in [5, 5.41) is 3.31. The molecule has 0 fully saturated rings. The van der Waals surface area contributed by atoms with E-state index >= 15 is 0 Å². The Kier molecular flexibility index (Phi) is 3.97. The Labute approximate surface area is 111 Å². The summed E-state index contributed by atoms with van der Waals surface area (Å²) < 4.78 is 0. The number of amides is 1. The molecule has 0 radical (unpaired) electrons. The summed E-state index contributed by atoms with van der Waals surface area (Å²) in [6, 6.07) is 6.19. The zero-order valence-corrected chi connectivity index (χ0v) is 11.1. The van der Waals surface area contributed by atoms with Crippen molar-refractivity contribution in [2.24, 2.45) is 5.73 Å². The van der Waals surface area contributed by atoms with Crippen LogP contribution in [0.25, 0.3) is 17.1 Å². The van der Waals surface area contributed by atoms with E-state index in [0.29, 0.717) is 12.6 Å². The second kappa shape index (κ2) is 5.67. The number of carbonyl (C=O) groups is 1. The fourth-order valence-corrected chi connectivity index (χ4v) is 1.75. The Morgan fingerprint density at radius 1 is 1.53 bits per heavy atom. The number of aromatic amines is 1. The molecule has 0 bridgehead atoms. The maximum atomic E-state index is 10.7. The van der Waals surface area contributed by atoms with Crippen molar-refractivity contribution in [1.82, 2.24) is 15.3 Å². The standard InChI is InChI=1S/C14H18N4O/c1-9(2)16-8-14-17-11-5-3-10(4-6-13(15)19)7-12(11)18-14/h3-7,9,16H,8H2,1-2H3,(H2,15,19)(H,17,18)/b6-4+.